The molecule has 0 spiro atoms. The Morgan fingerprint density at radius 2 is 1.82 bits per heavy atom. The first kappa shape index (κ1) is 17.3. The number of ketones is 1. The second-order valence-corrected chi connectivity index (χ2v) is 7.46. The predicted octanol–water partition coefficient (Wildman–Crippen LogP) is 3.36. The molecule has 0 saturated carbocycles. The minimum atomic E-state index is 0.0679. The van der Waals surface area contributed by atoms with E-state index in [4.69, 9.17) is 9.47 Å². The first-order valence-corrected chi connectivity index (χ1v) is 9.84. The van der Waals surface area contributed by atoms with Crippen molar-refractivity contribution >= 4 is 16.8 Å². The summed E-state index contributed by atoms with van der Waals surface area (Å²) in [6, 6.07) is 13.7. The molecule has 0 unspecified atom stereocenters. The van der Waals surface area contributed by atoms with Gasteiger partial charge in [0, 0.05) is 24.6 Å². The van der Waals surface area contributed by atoms with Crippen LogP contribution in [0.4, 0.5) is 0 Å². The Kier molecular flexibility index (Phi) is 4.49. The van der Waals surface area contributed by atoms with Crippen LogP contribution in [0.3, 0.4) is 0 Å². The van der Waals surface area contributed by atoms with Crippen molar-refractivity contribution in [2.24, 2.45) is 5.92 Å². The molecule has 0 bridgehead atoms. The zero-order chi connectivity index (χ0) is 18.9. The number of imidazole rings is 1. The molecule has 2 aliphatic heterocycles. The molecule has 0 N–H and O–H groups in total. The van der Waals surface area contributed by atoms with Crippen molar-refractivity contribution in [2.75, 3.05) is 26.3 Å². The van der Waals surface area contributed by atoms with Crippen molar-refractivity contribution < 1.29 is 14.3 Å². The number of carbonyl (C=O) groups excluding carboxylic acids is 1. The molecule has 5 rings (SSSR count). The lowest BCUT2D eigenvalue weighted by molar-refractivity contribution is 0.0812. The van der Waals surface area contributed by atoms with Crippen LogP contribution in [0.2, 0.25) is 0 Å². The van der Waals surface area contributed by atoms with Gasteiger partial charge in [0.05, 0.1) is 24.0 Å². The highest BCUT2D eigenvalue weighted by Gasteiger charge is 2.27. The molecule has 0 amide bonds. The van der Waals surface area contributed by atoms with Crippen LogP contribution in [0, 0.1) is 5.92 Å². The normalized spacial score (nSPS) is 17.7. The van der Waals surface area contributed by atoms with Crippen LogP contribution >= 0.6 is 0 Å². The van der Waals surface area contributed by atoms with E-state index in [2.05, 4.69) is 20.5 Å². The largest absolute Gasteiger partial charge is 0.486 e. The number of hydrogen-bond acceptors (Lipinski definition) is 5. The summed E-state index contributed by atoms with van der Waals surface area (Å²) in [5.74, 6) is 1.69. The number of likely N-dealkylation sites (tertiary alicyclic amines) is 1. The number of fused-ring (bicyclic) bond motifs is 2. The number of para-hydroxylation sites is 2. The highest BCUT2D eigenvalue weighted by Crippen LogP contribution is 2.32. The van der Waals surface area contributed by atoms with E-state index in [1.807, 2.05) is 42.7 Å². The summed E-state index contributed by atoms with van der Waals surface area (Å²) in [6.07, 6.45) is 3.65. The van der Waals surface area contributed by atoms with Crippen LogP contribution in [0.5, 0.6) is 11.5 Å². The molecular formula is C22H23N3O3. The van der Waals surface area contributed by atoms with Crippen molar-refractivity contribution in [2.45, 2.75) is 19.5 Å². The number of carbonyl (C=O) groups is 1. The van der Waals surface area contributed by atoms with Gasteiger partial charge in [-0.05, 0) is 43.2 Å². The van der Waals surface area contributed by atoms with Crippen LogP contribution in [0.15, 0.2) is 48.8 Å². The van der Waals surface area contributed by atoms with Crippen LogP contribution < -0.4 is 9.47 Å². The SMILES string of the molecule is O=C(c1ccc2c(c1)OCCO2)C1CCN(Cn2cnc3ccccc32)CC1. The molecule has 3 aromatic rings. The van der Waals surface area contributed by atoms with Crippen molar-refractivity contribution in [3.8, 4) is 11.5 Å². The van der Waals surface area contributed by atoms with E-state index >= 15 is 0 Å². The van der Waals surface area contributed by atoms with Gasteiger partial charge in [-0.2, -0.15) is 0 Å². The maximum atomic E-state index is 13.0. The van der Waals surface area contributed by atoms with E-state index in [0.717, 1.165) is 54.9 Å². The Balaban J connectivity index is 1.22. The molecule has 1 saturated heterocycles. The first-order chi connectivity index (χ1) is 13.8. The first-order valence-electron chi connectivity index (χ1n) is 9.84. The minimum absolute atomic E-state index is 0.0679. The second-order valence-electron chi connectivity index (χ2n) is 7.46. The van der Waals surface area contributed by atoms with Crippen molar-refractivity contribution in [1.82, 2.24) is 14.5 Å². The number of rotatable bonds is 4. The topological polar surface area (TPSA) is 56.6 Å². The molecular weight excluding hydrogens is 354 g/mol. The summed E-state index contributed by atoms with van der Waals surface area (Å²) >= 11 is 0. The van der Waals surface area contributed by atoms with Gasteiger partial charge < -0.3 is 14.0 Å². The molecule has 6 heteroatoms. The fraction of sp³-hybridized carbons (Fsp3) is 0.364. The molecule has 6 nitrogen and oxygen atoms in total. The molecule has 1 fully saturated rings. The van der Waals surface area contributed by atoms with E-state index < -0.39 is 0 Å². The minimum Gasteiger partial charge on any atom is -0.486 e. The summed E-state index contributed by atoms with van der Waals surface area (Å²) in [4.78, 5) is 19.8. The second kappa shape index (κ2) is 7.28. The number of aromatic nitrogens is 2. The van der Waals surface area contributed by atoms with Crippen molar-refractivity contribution in [1.29, 1.82) is 0 Å². The van der Waals surface area contributed by atoms with Crippen LogP contribution in [0.25, 0.3) is 11.0 Å². The van der Waals surface area contributed by atoms with E-state index in [1.165, 1.54) is 0 Å². The Bertz CT molecular complexity index is 1010. The number of benzene rings is 2. The average Bonchev–Trinajstić information content (AvgIpc) is 3.16. The third-order valence-electron chi connectivity index (χ3n) is 5.66. The summed E-state index contributed by atoms with van der Waals surface area (Å²) < 4.78 is 13.3. The highest BCUT2D eigenvalue weighted by atomic mass is 16.6. The number of piperidine rings is 1. The maximum absolute atomic E-state index is 13.0. The van der Waals surface area contributed by atoms with Gasteiger partial charge in [-0.1, -0.05) is 12.1 Å². The molecule has 2 aliphatic rings. The summed E-state index contributed by atoms with van der Waals surface area (Å²) in [5.41, 5.74) is 2.89. The lowest BCUT2D eigenvalue weighted by Gasteiger charge is -2.31. The Morgan fingerprint density at radius 1 is 1.04 bits per heavy atom. The zero-order valence-electron chi connectivity index (χ0n) is 15.7. The predicted molar refractivity (Wildman–Crippen MR) is 106 cm³/mol. The van der Waals surface area contributed by atoms with Crippen LogP contribution in [-0.4, -0.2) is 46.5 Å². The maximum Gasteiger partial charge on any atom is 0.166 e. The van der Waals surface area contributed by atoms with Gasteiger partial charge in [0.15, 0.2) is 17.3 Å². The fourth-order valence-electron chi connectivity index (χ4n) is 4.11. The summed E-state index contributed by atoms with van der Waals surface area (Å²) in [7, 11) is 0. The smallest absolute Gasteiger partial charge is 0.166 e. The molecule has 3 heterocycles. The Morgan fingerprint density at radius 3 is 2.68 bits per heavy atom. The average molecular weight is 377 g/mol. The van der Waals surface area contributed by atoms with Gasteiger partial charge in [0.2, 0.25) is 0 Å². The summed E-state index contributed by atoms with van der Waals surface area (Å²) in [6.45, 7) is 3.73. The zero-order valence-corrected chi connectivity index (χ0v) is 15.7. The molecule has 0 atom stereocenters. The monoisotopic (exact) mass is 377 g/mol. The van der Waals surface area contributed by atoms with Gasteiger partial charge in [-0.25, -0.2) is 4.98 Å². The lowest BCUT2D eigenvalue weighted by Crippen LogP contribution is -2.37. The van der Waals surface area contributed by atoms with Gasteiger partial charge >= 0.3 is 0 Å². The standard InChI is InChI=1S/C22H23N3O3/c26-22(17-5-6-20-21(13-17)28-12-11-27-20)16-7-9-24(10-8-16)15-25-14-23-18-3-1-2-4-19(18)25/h1-6,13-14,16H,7-12,15H2. The molecule has 0 radical (unpaired) electrons. The third-order valence-corrected chi connectivity index (χ3v) is 5.66. The van der Waals surface area contributed by atoms with Crippen molar-refractivity contribution in [3.63, 3.8) is 0 Å². The fourth-order valence-corrected chi connectivity index (χ4v) is 4.11. The number of nitrogens with zero attached hydrogens (tertiary/aromatic N) is 3. The number of hydrogen-bond donors (Lipinski definition) is 0. The van der Waals surface area contributed by atoms with E-state index in [9.17, 15) is 4.79 Å². The van der Waals surface area contributed by atoms with E-state index in [1.54, 1.807) is 0 Å². The molecule has 144 valence electrons. The molecule has 28 heavy (non-hydrogen) atoms. The number of ether oxygens (including phenoxy) is 2. The van der Waals surface area contributed by atoms with Gasteiger partial charge in [0.25, 0.3) is 0 Å². The quantitative estimate of drug-likeness (QED) is 0.653. The van der Waals surface area contributed by atoms with Gasteiger partial charge in [-0.15, -0.1) is 0 Å². The molecule has 1 aromatic heterocycles. The lowest BCUT2D eigenvalue weighted by atomic mass is 9.89. The highest BCUT2D eigenvalue weighted by molar-refractivity contribution is 5.98. The molecule has 2 aromatic carbocycles. The third kappa shape index (κ3) is 3.24. The van der Waals surface area contributed by atoms with E-state index in [-0.39, 0.29) is 11.7 Å². The van der Waals surface area contributed by atoms with E-state index in [0.29, 0.717) is 19.0 Å². The summed E-state index contributed by atoms with van der Waals surface area (Å²) in [5, 5.41) is 0. The van der Waals surface area contributed by atoms with Crippen LogP contribution in [-0.2, 0) is 6.67 Å². The molecule has 0 aliphatic carbocycles. The van der Waals surface area contributed by atoms with Gasteiger partial charge in [-0.3, -0.25) is 9.69 Å². The van der Waals surface area contributed by atoms with Crippen molar-refractivity contribution in [3.05, 3.63) is 54.4 Å². The van der Waals surface area contributed by atoms with Gasteiger partial charge in [0.1, 0.15) is 13.2 Å². The Hall–Kier alpha value is -2.86. The van der Waals surface area contributed by atoms with Crippen LogP contribution in [0.1, 0.15) is 23.2 Å². The Labute approximate surface area is 163 Å². The number of Topliss-reactive ketones (excluding diaryl/α,β-unsaturated/α-hetero) is 1.